The summed E-state index contributed by atoms with van der Waals surface area (Å²) in [5.74, 6) is 0.655. The Hall–Kier alpha value is -3.41. The number of nitrogens with zero attached hydrogens (tertiary/aromatic N) is 2. The number of ether oxygens (including phenoxy) is 1. The molecule has 0 saturated heterocycles. The molecule has 1 amide bonds. The fourth-order valence-corrected chi connectivity index (χ4v) is 2.49. The predicted octanol–water partition coefficient (Wildman–Crippen LogP) is 4.57. The molecular formula is C21H22N4O2. The zero-order valence-electron chi connectivity index (χ0n) is 15.6. The van der Waals surface area contributed by atoms with Crippen LogP contribution in [0.2, 0.25) is 0 Å². The highest BCUT2D eigenvalue weighted by Crippen LogP contribution is 2.25. The molecule has 27 heavy (non-hydrogen) atoms. The van der Waals surface area contributed by atoms with Crippen LogP contribution in [0.3, 0.4) is 0 Å². The first-order valence-corrected chi connectivity index (χ1v) is 8.75. The average molecular weight is 362 g/mol. The topological polar surface area (TPSA) is 76.1 Å². The lowest BCUT2D eigenvalue weighted by Crippen LogP contribution is -2.16. The molecule has 0 bridgehead atoms. The van der Waals surface area contributed by atoms with Crippen LogP contribution < -0.4 is 15.4 Å². The lowest BCUT2D eigenvalue weighted by Gasteiger charge is -2.14. The number of rotatable bonds is 6. The van der Waals surface area contributed by atoms with E-state index in [-0.39, 0.29) is 17.7 Å². The summed E-state index contributed by atoms with van der Waals surface area (Å²) in [5, 5.41) is 5.99. The third kappa shape index (κ3) is 4.82. The Morgan fingerprint density at radius 3 is 2.44 bits per heavy atom. The predicted molar refractivity (Wildman–Crippen MR) is 107 cm³/mol. The normalized spacial score (nSPS) is 10.5. The van der Waals surface area contributed by atoms with Gasteiger partial charge in [-0.25, -0.2) is 9.97 Å². The number of amides is 1. The van der Waals surface area contributed by atoms with E-state index in [1.165, 1.54) is 0 Å². The Kier molecular flexibility index (Phi) is 5.66. The second-order valence-electron chi connectivity index (χ2n) is 6.32. The zero-order chi connectivity index (χ0) is 19.2. The molecule has 138 valence electrons. The number of aromatic nitrogens is 2. The van der Waals surface area contributed by atoms with Gasteiger partial charge < -0.3 is 15.4 Å². The second-order valence-corrected chi connectivity index (χ2v) is 6.32. The summed E-state index contributed by atoms with van der Waals surface area (Å²) in [6.07, 6.45) is 1.56. The average Bonchev–Trinajstić information content (AvgIpc) is 2.65. The van der Waals surface area contributed by atoms with Crippen molar-refractivity contribution in [3.05, 3.63) is 72.1 Å². The maximum atomic E-state index is 12.6. The molecule has 0 fully saturated rings. The number of nitrogens with one attached hydrogen (secondary N) is 2. The largest absolute Gasteiger partial charge is 0.489 e. The van der Waals surface area contributed by atoms with E-state index in [1.807, 2.05) is 63.2 Å². The number of carbonyl (C=O) groups excluding carboxylic acids is 1. The van der Waals surface area contributed by atoms with Crippen LogP contribution in [-0.4, -0.2) is 22.0 Å². The SMILES string of the molecule is Cc1ccccc1Nc1nccc(C(=O)Nc2ccccc2OC(C)C)n1. The molecule has 0 atom stereocenters. The van der Waals surface area contributed by atoms with E-state index in [0.717, 1.165) is 11.3 Å². The van der Waals surface area contributed by atoms with E-state index < -0.39 is 0 Å². The number of hydrogen-bond acceptors (Lipinski definition) is 5. The summed E-state index contributed by atoms with van der Waals surface area (Å²) < 4.78 is 5.74. The lowest BCUT2D eigenvalue weighted by atomic mass is 10.2. The van der Waals surface area contributed by atoms with Crippen molar-refractivity contribution in [3.8, 4) is 5.75 Å². The Morgan fingerprint density at radius 1 is 1.00 bits per heavy atom. The van der Waals surface area contributed by atoms with Gasteiger partial charge in [-0.1, -0.05) is 30.3 Å². The van der Waals surface area contributed by atoms with Gasteiger partial charge in [0.2, 0.25) is 5.95 Å². The smallest absolute Gasteiger partial charge is 0.274 e. The molecule has 1 heterocycles. The molecule has 3 aromatic rings. The van der Waals surface area contributed by atoms with Crippen LogP contribution in [0, 0.1) is 6.92 Å². The molecule has 3 rings (SSSR count). The Bertz CT molecular complexity index is 941. The van der Waals surface area contributed by atoms with Crippen molar-refractivity contribution in [2.45, 2.75) is 26.9 Å². The van der Waals surface area contributed by atoms with Crippen LogP contribution in [0.15, 0.2) is 60.8 Å². The van der Waals surface area contributed by atoms with Gasteiger partial charge in [0.1, 0.15) is 11.4 Å². The van der Waals surface area contributed by atoms with Gasteiger partial charge in [0, 0.05) is 11.9 Å². The highest BCUT2D eigenvalue weighted by molar-refractivity contribution is 6.03. The van der Waals surface area contributed by atoms with Gasteiger partial charge in [0.05, 0.1) is 11.8 Å². The van der Waals surface area contributed by atoms with Crippen LogP contribution in [0.25, 0.3) is 0 Å². The third-order valence-electron chi connectivity index (χ3n) is 3.78. The summed E-state index contributed by atoms with van der Waals surface area (Å²) in [6.45, 7) is 5.86. The Balaban J connectivity index is 1.77. The number of benzene rings is 2. The van der Waals surface area contributed by atoms with Crippen LogP contribution in [0.5, 0.6) is 5.75 Å². The van der Waals surface area contributed by atoms with Gasteiger partial charge in [-0.3, -0.25) is 4.79 Å². The molecule has 2 aromatic carbocycles. The summed E-state index contributed by atoms with van der Waals surface area (Å²) in [4.78, 5) is 21.2. The molecule has 0 spiro atoms. The van der Waals surface area contributed by atoms with Crippen molar-refractivity contribution in [2.75, 3.05) is 10.6 Å². The minimum Gasteiger partial charge on any atom is -0.489 e. The first-order chi connectivity index (χ1) is 13.0. The van der Waals surface area contributed by atoms with Crippen LogP contribution in [0.4, 0.5) is 17.3 Å². The van der Waals surface area contributed by atoms with E-state index in [0.29, 0.717) is 17.4 Å². The number of aryl methyl sites for hydroxylation is 1. The maximum absolute atomic E-state index is 12.6. The summed E-state index contributed by atoms with van der Waals surface area (Å²) in [7, 11) is 0. The molecule has 0 saturated carbocycles. The molecule has 0 aliphatic carbocycles. The Morgan fingerprint density at radius 2 is 1.70 bits per heavy atom. The minimum atomic E-state index is -0.329. The first kappa shape index (κ1) is 18.4. The van der Waals surface area contributed by atoms with Crippen molar-refractivity contribution in [1.29, 1.82) is 0 Å². The third-order valence-corrected chi connectivity index (χ3v) is 3.78. The lowest BCUT2D eigenvalue weighted by molar-refractivity contribution is 0.102. The molecular weight excluding hydrogens is 340 g/mol. The number of hydrogen-bond donors (Lipinski definition) is 2. The highest BCUT2D eigenvalue weighted by Gasteiger charge is 2.13. The minimum absolute atomic E-state index is 0.00650. The summed E-state index contributed by atoms with van der Waals surface area (Å²) in [5.41, 5.74) is 2.82. The fraction of sp³-hybridized carbons (Fsp3) is 0.190. The van der Waals surface area contributed by atoms with Gasteiger partial charge in [-0.05, 0) is 50.6 Å². The maximum Gasteiger partial charge on any atom is 0.274 e. The van der Waals surface area contributed by atoms with Crippen molar-refractivity contribution >= 4 is 23.2 Å². The summed E-state index contributed by atoms with van der Waals surface area (Å²) >= 11 is 0. The summed E-state index contributed by atoms with van der Waals surface area (Å²) in [6, 6.07) is 16.7. The van der Waals surface area contributed by atoms with E-state index >= 15 is 0 Å². The van der Waals surface area contributed by atoms with Gasteiger partial charge in [0.25, 0.3) is 5.91 Å². The van der Waals surface area contributed by atoms with Crippen molar-refractivity contribution in [2.24, 2.45) is 0 Å². The van der Waals surface area contributed by atoms with E-state index in [9.17, 15) is 4.79 Å². The second kappa shape index (κ2) is 8.31. The van der Waals surface area contributed by atoms with Gasteiger partial charge in [-0.2, -0.15) is 0 Å². The molecule has 0 aliphatic heterocycles. The molecule has 1 aromatic heterocycles. The number of para-hydroxylation sites is 3. The van der Waals surface area contributed by atoms with E-state index in [2.05, 4.69) is 20.6 Å². The quantitative estimate of drug-likeness (QED) is 0.672. The van der Waals surface area contributed by atoms with Crippen LogP contribution in [-0.2, 0) is 0 Å². The van der Waals surface area contributed by atoms with Crippen molar-refractivity contribution in [3.63, 3.8) is 0 Å². The van der Waals surface area contributed by atoms with Crippen LogP contribution in [0.1, 0.15) is 29.9 Å². The number of anilines is 3. The van der Waals surface area contributed by atoms with Gasteiger partial charge >= 0.3 is 0 Å². The molecule has 2 N–H and O–H groups in total. The molecule has 0 aliphatic rings. The monoisotopic (exact) mass is 362 g/mol. The standard InChI is InChI=1S/C21H22N4O2/c1-14(2)27-19-11-7-6-10-17(19)23-20(26)18-12-13-22-21(25-18)24-16-9-5-4-8-15(16)3/h4-14H,1-3H3,(H,23,26)(H,22,24,25). The molecule has 6 nitrogen and oxygen atoms in total. The Labute approximate surface area is 158 Å². The molecule has 6 heteroatoms. The van der Waals surface area contributed by atoms with E-state index in [4.69, 9.17) is 4.74 Å². The van der Waals surface area contributed by atoms with Gasteiger partial charge in [0.15, 0.2) is 0 Å². The molecule has 0 radical (unpaired) electrons. The first-order valence-electron chi connectivity index (χ1n) is 8.75. The molecule has 0 unspecified atom stereocenters. The van der Waals surface area contributed by atoms with E-state index in [1.54, 1.807) is 18.3 Å². The highest BCUT2D eigenvalue weighted by atomic mass is 16.5. The van der Waals surface area contributed by atoms with Gasteiger partial charge in [-0.15, -0.1) is 0 Å². The van der Waals surface area contributed by atoms with Crippen molar-refractivity contribution < 1.29 is 9.53 Å². The zero-order valence-corrected chi connectivity index (χ0v) is 15.6. The van der Waals surface area contributed by atoms with Crippen molar-refractivity contribution in [1.82, 2.24) is 9.97 Å². The number of carbonyl (C=O) groups is 1. The fourth-order valence-electron chi connectivity index (χ4n) is 2.49. The van der Waals surface area contributed by atoms with Crippen LogP contribution >= 0.6 is 0 Å².